The normalized spacial score (nSPS) is 12.5. The van der Waals surface area contributed by atoms with Crippen LogP contribution in [0.25, 0.3) is 0 Å². The van der Waals surface area contributed by atoms with Crippen LogP contribution in [-0.4, -0.2) is 45.4 Å². The van der Waals surface area contributed by atoms with Gasteiger partial charge in [-0.25, -0.2) is 13.6 Å². The number of hydrogen-bond acceptors (Lipinski definition) is 5. The lowest BCUT2D eigenvalue weighted by Crippen LogP contribution is -2.37. The molecule has 0 saturated heterocycles. The first-order chi connectivity index (χ1) is 10.6. The van der Waals surface area contributed by atoms with Gasteiger partial charge in [0.2, 0.25) is 15.9 Å². The number of methoxy groups -OCH3 is 1. The van der Waals surface area contributed by atoms with E-state index in [4.69, 9.17) is 5.14 Å². The first kappa shape index (κ1) is 19.1. The van der Waals surface area contributed by atoms with Crippen LogP contribution in [0.4, 0.5) is 0 Å². The summed E-state index contributed by atoms with van der Waals surface area (Å²) in [6.07, 6.45) is 0.540. The highest BCUT2D eigenvalue weighted by Crippen LogP contribution is 2.11. The summed E-state index contributed by atoms with van der Waals surface area (Å²) in [5.74, 6) is -0.913. The van der Waals surface area contributed by atoms with Gasteiger partial charge in [0.25, 0.3) is 0 Å². The number of nitrogens with two attached hydrogens (primary N) is 1. The number of carbonyl (C=O) groups is 2. The highest BCUT2D eigenvalue weighted by atomic mass is 32.2. The molecule has 128 valence electrons. The van der Waals surface area contributed by atoms with Gasteiger partial charge in [0.15, 0.2) is 0 Å². The fourth-order valence-electron chi connectivity index (χ4n) is 2.09. The van der Waals surface area contributed by atoms with Gasteiger partial charge in [0.1, 0.15) is 0 Å². The highest BCUT2D eigenvalue weighted by molar-refractivity contribution is 7.89. The van der Waals surface area contributed by atoms with E-state index in [-0.39, 0.29) is 23.3 Å². The van der Waals surface area contributed by atoms with Crippen LogP contribution < -0.4 is 5.14 Å². The van der Waals surface area contributed by atoms with E-state index >= 15 is 0 Å². The summed E-state index contributed by atoms with van der Waals surface area (Å²) in [5, 5.41) is 5.04. The lowest BCUT2D eigenvalue weighted by Gasteiger charge is -2.23. The van der Waals surface area contributed by atoms with Gasteiger partial charge in [0.05, 0.1) is 17.9 Å². The third-order valence-electron chi connectivity index (χ3n) is 3.47. The number of carbonyl (C=O) groups excluding carboxylic acids is 2. The topological polar surface area (TPSA) is 107 Å². The fraction of sp³-hybridized carbons (Fsp3) is 0.467. The molecule has 0 fully saturated rings. The molecule has 1 atom stereocenters. The molecule has 1 rings (SSSR count). The minimum absolute atomic E-state index is 0.0454. The standard InChI is InChI=1S/C15H22N2O5S/c1-11(15(19)22-3)10-17(12(2)18)9-8-13-4-6-14(7-5-13)23(16,20)21/h4-7,11H,8-10H2,1-3H3,(H2,16,20,21). The van der Waals surface area contributed by atoms with E-state index in [0.29, 0.717) is 13.0 Å². The molecule has 0 heterocycles. The van der Waals surface area contributed by atoms with Gasteiger partial charge in [-0.3, -0.25) is 9.59 Å². The highest BCUT2D eigenvalue weighted by Gasteiger charge is 2.19. The van der Waals surface area contributed by atoms with E-state index in [2.05, 4.69) is 4.74 Å². The SMILES string of the molecule is COC(=O)C(C)CN(CCc1ccc(S(N)(=O)=O)cc1)C(C)=O. The lowest BCUT2D eigenvalue weighted by molar-refractivity contribution is -0.146. The molecule has 0 aromatic heterocycles. The number of rotatable bonds is 7. The first-order valence-electron chi connectivity index (χ1n) is 7.10. The number of amides is 1. The number of hydrogen-bond donors (Lipinski definition) is 1. The minimum atomic E-state index is -3.71. The summed E-state index contributed by atoms with van der Waals surface area (Å²) in [6, 6.07) is 6.17. The zero-order valence-electron chi connectivity index (χ0n) is 13.5. The number of benzene rings is 1. The Hall–Kier alpha value is -1.93. The third kappa shape index (κ3) is 5.99. The number of nitrogens with zero attached hydrogens (tertiary/aromatic N) is 1. The smallest absolute Gasteiger partial charge is 0.310 e. The van der Waals surface area contributed by atoms with Gasteiger partial charge < -0.3 is 9.64 Å². The largest absolute Gasteiger partial charge is 0.469 e. The second-order valence-corrected chi connectivity index (χ2v) is 6.89. The molecule has 2 N–H and O–H groups in total. The maximum atomic E-state index is 11.7. The van der Waals surface area contributed by atoms with Crippen molar-refractivity contribution in [3.8, 4) is 0 Å². The van der Waals surface area contributed by atoms with Gasteiger partial charge in [-0.2, -0.15) is 0 Å². The van der Waals surface area contributed by atoms with Crippen LogP contribution >= 0.6 is 0 Å². The number of primary sulfonamides is 1. The Morgan fingerprint density at radius 1 is 1.26 bits per heavy atom. The van der Waals surface area contributed by atoms with Crippen LogP contribution in [0.3, 0.4) is 0 Å². The monoisotopic (exact) mass is 342 g/mol. The molecule has 8 heteroatoms. The Labute approximate surface area is 136 Å². The van der Waals surface area contributed by atoms with Crippen molar-refractivity contribution in [2.24, 2.45) is 11.1 Å². The van der Waals surface area contributed by atoms with Crippen molar-refractivity contribution in [3.05, 3.63) is 29.8 Å². The second kappa shape index (κ2) is 8.07. The van der Waals surface area contributed by atoms with Crippen LogP contribution in [0, 0.1) is 5.92 Å². The van der Waals surface area contributed by atoms with Gasteiger partial charge in [-0.1, -0.05) is 19.1 Å². The van der Waals surface area contributed by atoms with Crippen LogP contribution in [0.1, 0.15) is 19.4 Å². The van der Waals surface area contributed by atoms with Crippen molar-refractivity contribution < 1.29 is 22.7 Å². The van der Waals surface area contributed by atoms with Crippen molar-refractivity contribution in [3.63, 3.8) is 0 Å². The molecule has 0 bridgehead atoms. The average Bonchev–Trinajstić information content (AvgIpc) is 2.49. The summed E-state index contributed by atoms with van der Waals surface area (Å²) in [5.41, 5.74) is 0.870. The molecular weight excluding hydrogens is 320 g/mol. The quantitative estimate of drug-likeness (QED) is 0.728. The third-order valence-corrected chi connectivity index (χ3v) is 4.39. The van der Waals surface area contributed by atoms with E-state index in [9.17, 15) is 18.0 Å². The maximum Gasteiger partial charge on any atom is 0.310 e. The van der Waals surface area contributed by atoms with Gasteiger partial charge >= 0.3 is 5.97 Å². The molecule has 7 nitrogen and oxygen atoms in total. The molecule has 1 aromatic rings. The molecule has 0 aliphatic heterocycles. The zero-order valence-corrected chi connectivity index (χ0v) is 14.3. The Bertz CT molecular complexity index is 655. The van der Waals surface area contributed by atoms with Gasteiger partial charge in [0, 0.05) is 20.0 Å². The van der Waals surface area contributed by atoms with Crippen LogP contribution in [0.5, 0.6) is 0 Å². The van der Waals surface area contributed by atoms with E-state index in [1.54, 1.807) is 24.0 Å². The average molecular weight is 342 g/mol. The molecule has 0 aliphatic carbocycles. The molecule has 1 amide bonds. The molecule has 1 unspecified atom stereocenters. The van der Waals surface area contributed by atoms with Crippen molar-refractivity contribution in [1.29, 1.82) is 0 Å². The summed E-state index contributed by atoms with van der Waals surface area (Å²) in [4.78, 5) is 24.7. The maximum absolute atomic E-state index is 11.7. The molecule has 1 aromatic carbocycles. The number of sulfonamides is 1. The fourth-order valence-corrected chi connectivity index (χ4v) is 2.61. The van der Waals surface area contributed by atoms with Crippen LogP contribution in [0.2, 0.25) is 0 Å². The predicted molar refractivity (Wildman–Crippen MR) is 85.0 cm³/mol. The van der Waals surface area contributed by atoms with E-state index < -0.39 is 15.9 Å². The first-order valence-corrected chi connectivity index (χ1v) is 8.65. The Morgan fingerprint density at radius 3 is 2.26 bits per heavy atom. The molecule has 0 aliphatic rings. The molecule has 0 spiro atoms. The van der Waals surface area contributed by atoms with Crippen molar-refractivity contribution in [2.45, 2.75) is 25.2 Å². The van der Waals surface area contributed by atoms with Crippen molar-refractivity contribution in [2.75, 3.05) is 20.2 Å². The molecule has 0 radical (unpaired) electrons. The van der Waals surface area contributed by atoms with Gasteiger partial charge in [-0.15, -0.1) is 0 Å². The Balaban J connectivity index is 2.69. The molecular formula is C15H22N2O5S. The summed E-state index contributed by atoms with van der Waals surface area (Å²) >= 11 is 0. The molecule has 23 heavy (non-hydrogen) atoms. The summed E-state index contributed by atoms with van der Waals surface area (Å²) < 4.78 is 27.0. The predicted octanol–water partition coefficient (Wildman–Crippen LogP) is 0.534. The van der Waals surface area contributed by atoms with Crippen molar-refractivity contribution in [1.82, 2.24) is 4.90 Å². The minimum Gasteiger partial charge on any atom is -0.469 e. The van der Waals surface area contributed by atoms with E-state index in [1.807, 2.05) is 0 Å². The summed E-state index contributed by atoms with van der Waals surface area (Å²) in [6.45, 7) is 3.83. The Kier molecular flexibility index (Phi) is 6.71. The van der Waals surface area contributed by atoms with Crippen LogP contribution in [0.15, 0.2) is 29.2 Å². The van der Waals surface area contributed by atoms with E-state index in [0.717, 1.165) is 5.56 Å². The van der Waals surface area contributed by atoms with E-state index in [1.165, 1.54) is 26.2 Å². The Morgan fingerprint density at radius 2 is 1.83 bits per heavy atom. The van der Waals surface area contributed by atoms with Crippen LogP contribution in [-0.2, 0) is 30.8 Å². The molecule has 0 saturated carbocycles. The van der Waals surface area contributed by atoms with Crippen molar-refractivity contribution >= 4 is 21.9 Å². The number of ether oxygens (including phenoxy) is 1. The lowest BCUT2D eigenvalue weighted by atomic mass is 10.1. The summed E-state index contributed by atoms with van der Waals surface area (Å²) in [7, 11) is -2.40. The van der Waals surface area contributed by atoms with Gasteiger partial charge in [-0.05, 0) is 24.1 Å². The number of esters is 1. The zero-order chi connectivity index (χ0) is 17.6. The second-order valence-electron chi connectivity index (χ2n) is 5.33.